The molecule has 1 atom stereocenters. The van der Waals surface area contributed by atoms with Crippen LogP contribution >= 0.6 is 0 Å². The lowest BCUT2D eigenvalue weighted by Gasteiger charge is -2.41. The molecule has 0 N–H and O–H groups in total. The van der Waals surface area contributed by atoms with Crippen molar-refractivity contribution in [3.05, 3.63) is 70.3 Å². The van der Waals surface area contributed by atoms with E-state index in [1.165, 1.54) is 23.3 Å². The zero-order valence-electron chi connectivity index (χ0n) is 15.5. The van der Waals surface area contributed by atoms with Crippen molar-refractivity contribution in [2.24, 2.45) is 0 Å². The number of aryl methyl sites for hydroxylation is 2. The molecule has 0 saturated carbocycles. The van der Waals surface area contributed by atoms with E-state index in [2.05, 4.69) is 29.2 Å². The average molecular weight is 370 g/mol. The van der Waals surface area contributed by atoms with Crippen molar-refractivity contribution in [3.63, 3.8) is 0 Å². The van der Waals surface area contributed by atoms with Crippen LogP contribution in [-0.2, 0) is 12.8 Å². The normalized spacial score (nSPS) is 20.4. The summed E-state index contributed by atoms with van der Waals surface area (Å²) in [7, 11) is 0. The highest BCUT2D eigenvalue weighted by Gasteiger charge is 2.31. The van der Waals surface area contributed by atoms with Gasteiger partial charge in [0, 0.05) is 32.2 Å². The molecule has 0 spiro atoms. The smallest absolute Gasteiger partial charge is 0.259 e. The number of hydrogen-bond donors (Lipinski definition) is 0. The number of halogens is 2. The molecule has 0 radical (unpaired) electrons. The van der Waals surface area contributed by atoms with E-state index in [-0.39, 0.29) is 0 Å². The van der Waals surface area contributed by atoms with Crippen molar-refractivity contribution in [3.8, 4) is 0 Å². The highest BCUT2D eigenvalue weighted by atomic mass is 19.1. The van der Waals surface area contributed by atoms with Crippen LogP contribution in [0.4, 0.5) is 8.78 Å². The summed E-state index contributed by atoms with van der Waals surface area (Å²) in [6.45, 7) is 4.04. The molecular weight excluding hydrogens is 346 g/mol. The summed E-state index contributed by atoms with van der Waals surface area (Å²) >= 11 is 0. The highest BCUT2D eigenvalue weighted by Crippen LogP contribution is 2.26. The number of carbonyl (C=O) groups is 1. The van der Waals surface area contributed by atoms with Gasteiger partial charge in [0.05, 0.1) is 0 Å². The minimum atomic E-state index is -0.783. The molecule has 0 bridgehead atoms. The first-order valence-corrected chi connectivity index (χ1v) is 9.59. The minimum Gasteiger partial charge on any atom is -0.336 e. The lowest BCUT2D eigenvalue weighted by Crippen LogP contribution is -2.53. The summed E-state index contributed by atoms with van der Waals surface area (Å²) in [4.78, 5) is 16.7. The van der Waals surface area contributed by atoms with Gasteiger partial charge in [-0.1, -0.05) is 30.3 Å². The maximum atomic E-state index is 14.3. The third-order valence-corrected chi connectivity index (χ3v) is 5.94. The second-order valence-electron chi connectivity index (χ2n) is 7.55. The molecule has 1 aliphatic carbocycles. The van der Waals surface area contributed by atoms with E-state index in [1.54, 1.807) is 11.8 Å². The van der Waals surface area contributed by atoms with Gasteiger partial charge in [0.25, 0.3) is 5.91 Å². The zero-order valence-corrected chi connectivity index (χ0v) is 15.5. The van der Waals surface area contributed by atoms with Gasteiger partial charge in [-0.3, -0.25) is 9.69 Å². The van der Waals surface area contributed by atoms with Crippen molar-refractivity contribution in [2.45, 2.75) is 32.2 Å². The monoisotopic (exact) mass is 370 g/mol. The fourth-order valence-corrected chi connectivity index (χ4v) is 4.29. The number of fused-ring (bicyclic) bond motifs is 1. The average Bonchev–Trinajstić information content (AvgIpc) is 2.71. The Hall–Kier alpha value is -2.27. The number of amides is 1. The topological polar surface area (TPSA) is 23.6 Å². The molecule has 1 amide bonds. The van der Waals surface area contributed by atoms with Gasteiger partial charge in [-0.25, -0.2) is 8.78 Å². The Balaban J connectivity index is 1.41. The minimum absolute atomic E-state index is 0.291. The molecule has 3 nitrogen and oxygen atoms in total. The second-order valence-corrected chi connectivity index (χ2v) is 7.55. The van der Waals surface area contributed by atoms with Gasteiger partial charge in [-0.15, -0.1) is 0 Å². The van der Waals surface area contributed by atoms with Crippen molar-refractivity contribution in [1.29, 1.82) is 0 Å². The van der Waals surface area contributed by atoms with Crippen molar-refractivity contribution in [1.82, 2.24) is 9.80 Å². The lowest BCUT2D eigenvalue weighted by atomic mass is 9.87. The standard InChI is InChI=1S/C22H24F2N2O/c1-15-6-9-19(23)20(21(15)24)22(27)26-12-10-25(11-13-26)18-8-7-16-4-2-3-5-17(16)14-18/h2-6,9,18H,7-8,10-14H2,1H3. The lowest BCUT2D eigenvalue weighted by molar-refractivity contribution is 0.0544. The predicted molar refractivity (Wildman–Crippen MR) is 101 cm³/mol. The van der Waals surface area contributed by atoms with Gasteiger partial charge in [0.2, 0.25) is 0 Å². The first-order valence-electron chi connectivity index (χ1n) is 9.59. The summed E-state index contributed by atoms with van der Waals surface area (Å²) in [5, 5.41) is 0. The van der Waals surface area contributed by atoms with E-state index >= 15 is 0 Å². The molecule has 27 heavy (non-hydrogen) atoms. The molecule has 5 heteroatoms. The molecule has 1 unspecified atom stereocenters. The van der Waals surface area contributed by atoms with Crippen LogP contribution in [0.3, 0.4) is 0 Å². The van der Waals surface area contributed by atoms with Crippen molar-refractivity contribution in [2.75, 3.05) is 26.2 Å². The summed E-state index contributed by atoms with van der Waals surface area (Å²) in [6, 6.07) is 11.6. The zero-order chi connectivity index (χ0) is 19.0. The molecule has 142 valence electrons. The van der Waals surface area contributed by atoms with Crippen LogP contribution in [0.2, 0.25) is 0 Å². The Morgan fingerprint density at radius 3 is 2.44 bits per heavy atom. The van der Waals surface area contributed by atoms with E-state index < -0.39 is 23.1 Å². The fraction of sp³-hybridized carbons (Fsp3) is 0.409. The molecule has 1 heterocycles. The summed E-state index contributed by atoms with van der Waals surface area (Å²) in [6.07, 6.45) is 3.23. The Bertz CT molecular complexity index is 859. The van der Waals surface area contributed by atoms with Gasteiger partial charge >= 0.3 is 0 Å². The molecule has 2 aromatic carbocycles. The SMILES string of the molecule is Cc1ccc(F)c(C(=O)N2CCN(C3CCc4ccccc4C3)CC2)c1F. The quantitative estimate of drug-likeness (QED) is 0.807. The van der Waals surface area contributed by atoms with E-state index in [4.69, 9.17) is 0 Å². The molecule has 4 rings (SSSR count). The van der Waals surface area contributed by atoms with Crippen LogP contribution in [-0.4, -0.2) is 47.9 Å². The third-order valence-electron chi connectivity index (χ3n) is 5.94. The largest absolute Gasteiger partial charge is 0.336 e. The molecule has 1 fully saturated rings. The number of rotatable bonds is 2. The Labute approximate surface area is 158 Å². The van der Waals surface area contributed by atoms with Gasteiger partial charge in [0.15, 0.2) is 0 Å². The Kier molecular flexibility index (Phi) is 4.96. The summed E-state index contributed by atoms with van der Waals surface area (Å²) < 4.78 is 28.3. The molecule has 0 aromatic heterocycles. The maximum Gasteiger partial charge on any atom is 0.259 e. The molecule has 1 saturated heterocycles. The number of carbonyl (C=O) groups excluding carboxylic acids is 1. The number of piperazine rings is 1. The van der Waals surface area contributed by atoms with Crippen LogP contribution < -0.4 is 0 Å². The number of hydrogen-bond acceptors (Lipinski definition) is 2. The van der Waals surface area contributed by atoms with E-state index in [0.717, 1.165) is 32.4 Å². The highest BCUT2D eigenvalue weighted by molar-refractivity contribution is 5.95. The molecule has 2 aromatic rings. The van der Waals surface area contributed by atoms with Crippen molar-refractivity contribution < 1.29 is 13.6 Å². The third kappa shape index (κ3) is 3.48. The first-order chi connectivity index (χ1) is 13.0. The van der Waals surface area contributed by atoms with E-state index in [9.17, 15) is 13.6 Å². The van der Waals surface area contributed by atoms with Crippen molar-refractivity contribution >= 4 is 5.91 Å². The van der Waals surface area contributed by atoms with Crippen LogP contribution in [0, 0.1) is 18.6 Å². The number of benzene rings is 2. The molecular formula is C22H24F2N2O. The van der Waals surface area contributed by atoms with Crippen LogP contribution in [0.25, 0.3) is 0 Å². The Morgan fingerprint density at radius 1 is 1.00 bits per heavy atom. The second kappa shape index (κ2) is 7.39. The van der Waals surface area contributed by atoms with Crippen LogP contribution in [0.5, 0.6) is 0 Å². The van der Waals surface area contributed by atoms with Gasteiger partial charge in [-0.2, -0.15) is 0 Å². The van der Waals surface area contributed by atoms with Gasteiger partial charge in [-0.05, 0) is 48.9 Å². The van der Waals surface area contributed by atoms with Gasteiger partial charge in [0.1, 0.15) is 17.2 Å². The van der Waals surface area contributed by atoms with Gasteiger partial charge < -0.3 is 4.90 Å². The van der Waals surface area contributed by atoms with E-state index in [1.807, 2.05) is 0 Å². The fourth-order valence-electron chi connectivity index (χ4n) is 4.29. The predicted octanol–water partition coefficient (Wildman–Crippen LogP) is 3.59. The number of nitrogens with zero attached hydrogens (tertiary/aromatic N) is 2. The first kappa shape index (κ1) is 18.1. The maximum absolute atomic E-state index is 14.3. The molecule has 2 aliphatic rings. The Morgan fingerprint density at radius 2 is 1.70 bits per heavy atom. The van der Waals surface area contributed by atoms with Crippen LogP contribution in [0.1, 0.15) is 33.5 Å². The summed E-state index contributed by atoms with van der Waals surface area (Å²) in [5.41, 5.74) is 2.72. The molecule has 1 aliphatic heterocycles. The van der Waals surface area contributed by atoms with Crippen LogP contribution in [0.15, 0.2) is 36.4 Å². The van der Waals surface area contributed by atoms with E-state index in [0.29, 0.717) is 24.7 Å². The summed E-state index contributed by atoms with van der Waals surface area (Å²) in [5.74, 6) is -2.07.